The zero-order valence-electron chi connectivity index (χ0n) is 17.6. The molecule has 4 heterocycles. The van der Waals surface area contributed by atoms with Crippen LogP contribution in [0.1, 0.15) is 61.5 Å². The van der Waals surface area contributed by atoms with Crippen LogP contribution in [0.4, 0.5) is 0 Å². The number of carbonyl (C=O) groups is 1. The molecule has 2 aliphatic heterocycles. The minimum absolute atomic E-state index is 0.0875. The summed E-state index contributed by atoms with van der Waals surface area (Å²) in [5.74, 6) is 1.93. The maximum atomic E-state index is 12.6. The number of likely N-dealkylation sites (tertiary alicyclic amines) is 1. The maximum absolute atomic E-state index is 12.6. The second kappa shape index (κ2) is 8.61. The summed E-state index contributed by atoms with van der Waals surface area (Å²) in [6.45, 7) is 9.01. The van der Waals surface area contributed by atoms with Crippen LogP contribution >= 0.6 is 0 Å². The van der Waals surface area contributed by atoms with Gasteiger partial charge in [-0.2, -0.15) is 0 Å². The van der Waals surface area contributed by atoms with Crippen LogP contribution in [-0.4, -0.2) is 50.2 Å². The highest BCUT2D eigenvalue weighted by molar-refractivity contribution is 5.90. The van der Waals surface area contributed by atoms with Gasteiger partial charge in [0, 0.05) is 38.4 Å². The highest BCUT2D eigenvalue weighted by Crippen LogP contribution is 2.41. The quantitative estimate of drug-likeness (QED) is 0.812. The fraction of sp³-hybridized carbons (Fsp3) is 0.636. The van der Waals surface area contributed by atoms with Crippen LogP contribution in [0.5, 0.6) is 0 Å². The van der Waals surface area contributed by atoms with Gasteiger partial charge in [-0.25, -0.2) is 0 Å². The molecule has 156 valence electrons. The zero-order chi connectivity index (χ0) is 20.3. The molecule has 1 fully saturated rings. The third-order valence-corrected chi connectivity index (χ3v) is 6.46. The van der Waals surface area contributed by atoms with Crippen molar-refractivity contribution in [1.82, 2.24) is 30.0 Å². The van der Waals surface area contributed by atoms with Crippen LogP contribution in [0.25, 0.3) is 0 Å². The molecule has 1 amide bonds. The SMILES string of the molecule is CC(C)CCNC(=O)c1nnc2n1CC1(CC2)CCN(Cc2cccnc2)CC1. The first-order valence-electron chi connectivity index (χ1n) is 10.9. The summed E-state index contributed by atoms with van der Waals surface area (Å²) < 4.78 is 2.09. The van der Waals surface area contributed by atoms with Crippen LogP contribution in [0.3, 0.4) is 0 Å². The van der Waals surface area contributed by atoms with E-state index in [9.17, 15) is 4.79 Å². The normalized spacial score (nSPS) is 18.7. The van der Waals surface area contributed by atoms with Crippen molar-refractivity contribution >= 4 is 5.91 Å². The molecule has 0 atom stereocenters. The first-order chi connectivity index (χ1) is 14.0. The van der Waals surface area contributed by atoms with Crippen molar-refractivity contribution in [2.45, 2.75) is 59.0 Å². The Labute approximate surface area is 172 Å². The Bertz CT molecular complexity index is 823. The Morgan fingerprint density at radius 3 is 2.79 bits per heavy atom. The molecule has 29 heavy (non-hydrogen) atoms. The van der Waals surface area contributed by atoms with E-state index in [1.54, 1.807) is 0 Å². The number of carbonyl (C=O) groups excluding carboxylic acids is 1. The molecule has 4 rings (SSSR count). The lowest BCUT2D eigenvalue weighted by molar-refractivity contribution is 0.0617. The van der Waals surface area contributed by atoms with Crippen molar-refractivity contribution in [3.05, 3.63) is 41.7 Å². The molecular weight excluding hydrogens is 364 g/mol. The largest absolute Gasteiger partial charge is 0.349 e. The number of amides is 1. The predicted molar refractivity (Wildman–Crippen MR) is 111 cm³/mol. The molecule has 0 bridgehead atoms. The number of fused-ring (bicyclic) bond motifs is 1. The number of nitrogens with zero attached hydrogens (tertiary/aromatic N) is 5. The molecular formula is C22H32N6O. The van der Waals surface area contributed by atoms with E-state index < -0.39 is 0 Å². The number of piperidine rings is 1. The zero-order valence-corrected chi connectivity index (χ0v) is 17.6. The van der Waals surface area contributed by atoms with Crippen molar-refractivity contribution < 1.29 is 4.79 Å². The summed E-state index contributed by atoms with van der Waals surface area (Å²) in [7, 11) is 0. The number of aryl methyl sites for hydroxylation is 1. The molecule has 7 heteroatoms. The molecule has 1 spiro atoms. The highest BCUT2D eigenvalue weighted by Gasteiger charge is 2.39. The van der Waals surface area contributed by atoms with Crippen LogP contribution in [-0.2, 0) is 19.5 Å². The molecule has 0 unspecified atom stereocenters. The summed E-state index contributed by atoms with van der Waals surface area (Å²) in [4.78, 5) is 19.4. The van der Waals surface area contributed by atoms with E-state index in [-0.39, 0.29) is 11.3 Å². The average molecular weight is 397 g/mol. The van der Waals surface area contributed by atoms with Crippen molar-refractivity contribution in [3.63, 3.8) is 0 Å². The van der Waals surface area contributed by atoms with Crippen molar-refractivity contribution in [2.24, 2.45) is 11.3 Å². The standard InChI is InChI=1S/C22H32N6O/c1-17(2)6-11-24-21(29)20-26-25-19-5-7-22(16-28(19)20)8-12-27(13-9-22)15-18-4-3-10-23-14-18/h3-4,10,14,17H,5-9,11-13,15-16H2,1-2H3,(H,24,29). The average Bonchev–Trinajstić information content (AvgIpc) is 3.13. The van der Waals surface area contributed by atoms with Gasteiger partial charge in [0.15, 0.2) is 0 Å². The molecule has 0 saturated carbocycles. The predicted octanol–water partition coefficient (Wildman–Crippen LogP) is 2.68. The van der Waals surface area contributed by atoms with Gasteiger partial charge in [-0.1, -0.05) is 19.9 Å². The summed E-state index contributed by atoms with van der Waals surface area (Å²) >= 11 is 0. The lowest BCUT2D eigenvalue weighted by Crippen LogP contribution is -2.44. The smallest absolute Gasteiger partial charge is 0.289 e. The van der Waals surface area contributed by atoms with Gasteiger partial charge in [0.05, 0.1) is 0 Å². The number of hydrogen-bond donors (Lipinski definition) is 1. The maximum Gasteiger partial charge on any atom is 0.289 e. The van der Waals surface area contributed by atoms with Crippen LogP contribution in [0, 0.1) is 11.3 Å². The van der Waals surface area contributed by atoms with E-state index in [1.807, 2.05) is 18.5 Å². The first-order valence-corrected chi connectivity index (χ1v) is 10.9. The van der Waals surface area contributed by atoms with E-state index in [4.69, 9.17) is 0 Å². The molecule has 0 aromatic carbocycles. The molecule has 1 N–H and O–H groups in total. The minimum atomic E-state index is -0.0875. The van der Waals surface area contributed by atoms with Crippen molar-refractivity contribution in [1.29, 1.82) is 0 Å². The molecule has 2 aromatic heterocycles. The second-order valence-corrected chi connectivity index (χ2v) is 9.10. The summed E-state index contributed by atoms with van der Waals surface area (Å²) in [5, 5.41) is 11.5. The highest BCUT2D eigenvalue weighted by atomic mass is 16.2. The summed E-state index contributed by atoms with van der Waals surface area (Å²) in [6.07, 6.45) is 9.11. The van der Waals surface area contributed by atoms with Gasteiger partial charge in [0.2, 0.25) is 5.82 Å². The molecule has 2 aliphatic rings. The topological polar surface area (TPSA) is 75.9 Å². The molecule has 1 saturated heterocycles. The summed E-state index contributed by atoms with van der Waals surface area (Å²) in [6, 6.07) is 4.15. The van der Waals surface area contributed by atoms with Gasteiger partial charge in [-0.05, 0) is 61.7 Å². The molecule has 7 nitrogen and oxygen atoms in total. The molecule has 0 radical (unpaired) electrons. The Morgan fingerprint density at radius 1 is 1.24 bits per heavy atom. The number of aromatic nitrogens is 4. The van der Waals surface area contributed by atoms with E-state index in [2.05, 4.69) is 49.9 Å². The number of pyridine rings is 1. The fourth-order valence-corrected chi connectivity index (χ4v) is 4.54. The van der Waals surface area contributed by atoms with Crippen molar-refractivity contribution in [2.75, 3.05) is 19.6 Å². The van der Waals surface area contributed by atoms with Gasteiger partial charge in [-0.15, -0.1) is 10.2 Å². The Hall–Kier alpha value is -2.28. The summed E-state index contributed by atoms with van der Waals surface area (Å²) in [5.41, 5.74) is 1.53. The fourth-order valence-electron chi connectivity index (χ4n) is 4.54. The monoisotopic (exact) mass is 396 g/mol. The van der Waals surface area contributed by atoms with Gasteiger partial charge < -0.3 is 9.88 Å². The molecule has 0 aliphatic carbocycles. The van der Waals surface area contributed by atoms with E-state index >= 15 is 0 Å². The first kappa shape index (κ1) is 20.0. The molecule has 2 aromatic rings. The Morgan fingerprint density at radius 2 is 2.07 bits per heavy atom. The second-order valence-electron chi connectivity index (χ2n) is 9.10. The van der Waals surface area contributed by atoms with Crippen LogP contribution in [0.15, 0.2) is 24.5 Å². The lowest BCUT2D eigenvalue weighted by atomic mass is 9.73. The van der Waals surface area contributed by atoms with Crippen LogP contribution < -0.4 is 5.32 Å². The van der Waals surface area contributed by atoms with Gasteiger partial charge in [0.1, 0.15) is 5.82 Å². The third kappa shape index (κ3) is 4.66. The van der Waals surface area contributed by atoms with Gasteiger partial charge in [0.25, 0.3) is 5.91 Å². The lowest BCUT2D eigenvalue weighted by Gasteiger charge is -2.44. The van der Waals surface area contributed by atoms with Gasteiger partial charge >= 0.3 is 0 Å². The number of nitrogens with one attached hydrogen (secondary N) is 1. The van der Waals surface area contributed by atoms with E-state index in [1.165, 1.54) is 5.56 Å². The van der Waals surface area contributed by atoms with E-state index in [0.29, 0.717) is 18.3 Å². The van der Waals surface area contributed by atoms with Gasteiger partial charge in [-0.3, -0.25) is 14.7 Å². The minimum Gasteiger partial charge on any atom is -0.349 e. The third-order valence-electron chi connectivity index (χ3n) is 6.46. The number of rotatable bonds is 6. The van der Waals surface area contributed by atoms with E-state index in [0.717, 1.165) is 64.1 Å². The Balaban J connectivity index is 1.37. The Kier molecular flexibility index (Phi) is 5.94. The van der Waals surface area contributed by atoms with Crippen LogP contribution in [0.2, 0.25) is 0 Å². The van der Waals surface area contributed by atoms with Crippen molar-refractivity contribution in [3.8, 4) is 0 Å². The number of hydrogen-bond acceptors (Lipinski definition) is 5.